The van der Waals surface area contributed by atoms with Gasteiger partial charge in [0.2, 0.25) is 5.91 Å². The fourth-order valence-corrected chi connectivity index (χ4v) is 3.20. The summed E-state index contributed by atoms with van der Waals surface area (Å²) < 4.78 is 28.5. The number of alkyl halides is 2. The van der Waals surface area contributed by atoms with Gasteiger partial charge in [-0.05, 0) is 54.7 Å². The first kappa shape index (κ1) is 18.8. The molecule has 0 aromatic heterocycles. The Kier molecular flexibility index (Phi) is 6.01. The summed E-state index contributed by atoms with van der Waals surface area (Å²) in [6.07, 6.45) is 2.87. The Bertz CT molecular complexity index is 809. The van der Waals surface area contributed by atoms with Gasteiger partial charge in [-0.3, -0.25) is 9.59 Å². The summed E-state index contributed by atoms with van der Waals surface area (Å²) in [7, 11) is 0. The van der Waals surface area contributed by atoms with Gasteiger partial charge in [0.25, 0.3) is 5.91 Å². The van der Waals surface area contributed by atoms with Gasteiger partial charge in [0, 0.05) is 5.56 Å². The Morgan fingerprint density at radius 3 is 2.59 bits per heavy atom. The van der Waals surface area contributed by atoms with Gasteiger partial charge in [-0.15, -0.1) is 0 Å². The number of hydrogen-bond acceptors (Lipinski definition) is 3. The number of benzene rings is 2. The maximum Gasteiger partial charge on any atom is 0.387 e. The molecule has 0 bridgehead atoms. The minimum Gasteiger partial charge on any atom is -0.435 e. The van der Waals surface area contributed by atoms with Crippen LogP contribution in [0.4, 0.5) is 8.78 Å². The molecule has 0 saturated carbocycles. The van der Waals surface area contributed by atoms with E-state index in [0.717, 1.165) is 24.8 Å². The van der Waals surface area contributed by atoms with Crippen LogP contribution in [0.25, 0.3) is 0 Å². The normalized spacial score (nSPS) is 15.7. The van der Waals surface area contributed by atoms with E-state index in [0.29, 0.717) is 0 Å². The van der Waals surface area contributed by atoms with Crippen molar-refractivity contribution in [3.05, 3.63) is 65.2 Å². The third-order valence-corrected chi connectivity index (χ3v) is 4.46. The summed E-state index contributed by atoms with van der Waals surface area (Å²) in [6.45, 7) is -3.08. The highest BCUT2D eigenvalue weighted by Crippen LogP contribution is 2.29. The first-order chi connectivity index (χ1) is 13.0. The lowest BCUT2D eigenvalue weighted by Gasteiger charge is -2.26. The van der Waals surface area contributed by atoms with Gasteiger partial charge in [0.1, 0.15) is 5.75 Å². The minimum atomic E-state index is -2.92. The molecule has 5 nitrogen and oxygen atoms in total. The summed E-state index contributed by atoms with van der Waals surface area (Å²) in [5.41, 5.74) is 2.62. The molecule has 2 amide bonds. The number of hydrogen-bond donors (Lipinski definition) is 2. The molecule has 0 heterocycles. The topological polar surface area (TPSA) is 67.4 Å². The summed E-state index contributed by atoms with van der Waals surface area (Å²) in [4.78, 5) is 24.3. The summed E-state index contributed by atoms with van der Waals surface area (Å²) in [5, 5.41) is 5.49. The van der Waals surface area contributed by atoms with Crippen molar-refractivity contribution in [1.82, 2.24) is 10.6 Å². The highest BCUT2D eigenvalue weighted by molar-refractivity contribution is 5.96. The van der Waals surface area contributed by atoms with Crippen LogP contribution in [0.2, 0.25) is 0 Å². The van der Waals surface area contributed by atoms with E-state index in [1.54, 1.807) is 0 Å². The van der Waals surface area contributed by atoms with Gasteiger partial charge in [-0.2, -0.15) is 8.78 Å². The number of amides is 2. The molecule has 27 heavy (non-hydrogen) atoms. The molecule has 0 unspecified atom stereocenters. The smallest absolute Gasteiger partial charge is 0.387 e. The molecular formula is C20H20F2N2O3. The zero-order chi connectivity index (χ0) is 19.2. The second-order valence-electron chi connectivity index (χ2n) is 6.30. The van der Waals surface area contributed by atoms with E-state index in [-0.39, 0.29) is 29.8 Å². The van der Waals surface area contributed by atoms with Gasteiger partial charge in [-0.1, -0.05) is 24.3 Å². The number of carbonyl (C=O) groups excluding carboxylic acids is 2. The average Bonchev–Trinajstić information content (AvgIpc) is 2.66. The lowest BCUT2D eigenvalue weighted by molar-refractivity contribution is -0.121. The molecule has 142 valence electrons. The van der Waals surface area contributed by atoms with Crippen LogP contribution in [-0.2, 0) is 11.2 Å². The van der Waals surface area contributed by atoms with Crippen molar-refractivity contribution < 1.29 is 23.1 Å². The van der Waals surface area contributed by atoms with Crippen LogP contribution in [0.5, 0.6) is 5.75 Å². The van der Waals surface area contributed by atoms with Gasteiger partial charge in [0.15, 0.2) is 0 Å². The molecule has 0 aliphatic heterocycles. The predicted molar refractivity (Wildman–Crippen MR) is 95.7 cm³/mol. The van der Waals surface area contributed by atoms with E-state index in [9.17, 15) is 18.4 Å². The van der Waals surface area contributed by atoms with Crippen LogP contribution in [0.3, 0.4) is 0 Å². The largest absolute Gasteiger partial charge is 0.435 e. The second-order valence-corrected chi connectivity index (χ2v) is 6.30. The third kappa shape index (κ3) is 5.03. The number of ether oxygens (including phenoxy) is 1. The van der Waals surface area contributed by atoms with Crippen molar-refractivity contribution in [2.24, 2.45) is 0 Å². The molecule has 2 aromatic carbocycles. The summed E-state index contributed by atoms with van der Waals surface area (Å²) >= 11 is 0. The molecule has 2 aromatic rings. The van der Waals surface area contributed by atoms with E-state index in [1.165, 1.54) is 29.8 Å². The highest BCUT2D eigenvalue weighted by Gasteiger charge is 2.21. The van der Waals surface area contributed by atoms with Crippen LogP contribution in [0, 0.1) is 0 Å². The SMILES string of the molecule is O=C(CNC(=O)c1ccc(OC(F)F)cc1)N[C@H]1CCCc2ccccc21. The maximum absolute atomic E-state index is 12.2. The van der Waals surface area contributed by atoms with Gasteiger partial charge in [0.05, 0.1) is 12.6 Å². The number of aryl methyl sites for hydroxylation is 1. The zero-order valence-electron chi connectivity index (χ0n) is 14.6. The minimum absolute atomic E-state index is 0.0322. The van der Waals surface area contributed by atoms with Crippen molar-refractivity contribution in [3.8, 4) is 5.75 Å². The van der Waals surface area contributed by atoms with Crippen LogP contribution in [0.1, 0.15) is 40.4 Å². The molecule has 0 spiro atoms. The molecule has 1 aliphatic carbocycles. The summed E-state index contributed by atoms with van der Waals surface area (Å²) in [6, 6.07) is 13.3. The Labute approximate surface area is 155 Å². The average molecular weight is 374 g/mol. The molecule has 2 N–H and O–H groups in total. The molecule has 3 rings (SSSR count). The van der Waals surface area contributed by atoms with Crippen LogP contribution < -0.4 is 15.4 Å². The van der Waals surface area contributed by atoms with E-state index in [4.69, 9.17) is 0 Å². The first-order valence-electron chi connectivity index (χ1n) is 8.73. The Hall–Kier alpha value is -2.96. The Morgan fingerprint density at radius 2 is 1.85 bits per heavy atom. The number of rotatable bonds is 6. The van der Waals surface area contributed by atoms with Gasteiger partial charge < -0.3 is 15.4 Å². The number of nitrogens with one attached hydrogen (secondary N) is 2. The van der Waals surface area contributed by atoms with Gasteiger partial charge in [-0.25, -0.2) is 0 Å². The zero-order valence-corrected chi connectivity index (χ0v) is 14.6. The number of carbonyl (C=O) groups is 2. The Morgan fingerprint density at radius 1 is 1.11 bits per heavy atom. The molecule has 0 saturated heterocycles. The van der Waals surface area contributed by atoms with Crippen molar-refractivity contribution in [3.63, 3.8) is 0 Å². The van der Waals surface area contributed by atoms with Crippen molar-refractivity contribution in [2.45, 2.75) is 31.9 Å². The van der Waals surface area contributed by atoms with Crippen molar-refractivity contribution in [1.29, 1.82) is 0 Å². The standard InChI is InChI=1S/C20H20F2N2O3/c21-20(22)27-15-10-8-14(9-11-15)19(26)23-12-18(25)24-17-7-3-5-13-4-1-2-6-16(13)17/h1-2,4,6,8-11,17,20H,3,5,7,12H2,(H,23,26)(H,24,25)/t17-/m0/s1. The van der Waals surface area contributed by atoms with Crippen LogP contribution in [0.15, 0.2) is 48.5 Å². The van der Waals surface area contributed by atoms with Crippen LogP contribution in [-0.4, -0.2) is 25.0 Å². The van der Waals surface area contributed by atoms with Gasteiger partial charge >= 0.3 is 6.61 Å². The van der Waals surface area contributed by atoms with Crippen LogP contribution >= 0.6 is 0 Å². The highest BCUT2D eigenvalue weighted by atomic mass is 19.3. The first-order valence-corrected chi connectivity index (χ1v) is 8.73. The quantitative estimate of drug-likeness (QED) is 0.816. The third-order valence-electron chi connectivity index (χ3n) is 4.46. The van der Waals surface area contributed by atoms with E-state index >= 15 is 0 Å². The lowest BCUT2D eigenvalue weighted by atomic mass is 9.88. The summed E-state index contributed by atoms with van der Waals surface area (Å²) in [5.74, 6) is -0.768. The Balaban J connectivity index is 1.51. The number of fused-ring (bicyclic) bond motifs is 1. The van der Waals surface area contributed by atoms with Crippen molar-refractivity contribution >= 4 is 11.8 Å². The predicted octanol–water partition coefficient (Wildman–Crippen LogP) is 3.21. The molecule has 0 radical (unpaired) electrons. The molecule has 1 aliphatic rings. The number of halogens is 2. The maximum atomic E-state index is 12.2. The molecule has 1 atom stereocenters. The lowest BCUT2D eigenvalue weighted by Crippen LogP contribution is -2.39. The fourth-order valence-electron chi connectivity index (χ4n) is 3.20. The fraction of sp³-hybridized carbons (Fsp3) is 0.300. The van der Waals surface area contributed by atoms with Crippen molar-refractivity contribution in [2.75, 3.05) is 6.54 Å². The van der Waals surface area contributed by atoms with E-state index in [2.05, 4.69) is 21.4 Å². The molecular weight excluding hydrogens is 354 g/mol. The van der Waals surface area contributed by atoms with E-state index in [1.807, 2.05) is 18.2 Å². The monoisotopic (exact) mass is 374 g/mol. The molecule has 7 heteroatoms. The molecule has 0 fully saturated rings. The van der Waals surface area contributed by atoms with E-state index < -0.39 is 12.5 Å². The second kappa shape index (κ2) is 8.62.